The van der Waals surface area contributed by atoms with Crippen LogP contribution in [0, 0.1) is 17.2 Å². The summed E-state index contributed by atoms with van der Waals surface area (Å²) in [5, 5.41) is 13.1. The van der Waals surface area contributed by atoms with Gasteiger partial charge in [0.2, 0.25) is 0 Å². The monoisotopic (exact) mass is 452 g/mol. The molecule has 3 aromatic rings. The summed E-state index contributed by atoms with van der Waals surface area (Å²) in [6.07, 6.45) is 2.47. The molecule has 1 N–H and O–H groups in total. The van der Waals surface area contributed by atoms with Gasteiger partial charge in [0.15, 0.2) is 5.78 Å². The van der Waals surface area contributed by atoms with Crippen LogP contribution in [0.3, 0.4) is 0 Å². The number of para-hydroxylation sites is 1. The highest BCUT2D eigenvalue weighted by Gasteiger charge is 2.38. The molecule has 34 heavy (non-hydrogen) atoms. The Morgan fingerprint density at radius 3 is 2.26 bits per heavy atom. The van der Waals surface area contributed by atoms with Crippen LogP contribution in [0.2, 0.25) is 0 Å². The van der Waals surface area contributed by atoms with Gasteiger partial charge in [0.25, 0.3) is 0 Å². The molecule has 0 saturated carbocycles. The summed E-state index contributed by atoms with van der Waals surface area (Å²) in [6, 6.07) is 24.9. The Bertz CT molecular complexity index is 1210. The number of Topliss-reactive ketones (excluding diaryl/α,β-unsaturated/α-hetero) is 1. The second kappa shape index (κ2) is 9.44. The summed E-state index contributed by atoms with van der Waals surface area (Å²) in [7, 11) is 0. The van der Waals surface area contributed by atoms with Crippen LogP contribution in [0.25, 0.3) is 11.1 Å². The van der Waals surface area contributed by atoms with Crippen molar-refractivity contribution in [1.29, 1.82) is 5.26 Å². The molecule has 4 rings (SSSR count). The van der Waals surface area contributed by atoms with Crippen molar-refractivity contribution in [2.24, 2.45) is 5.92 Å². The van der Waals surface area contributed by atoms with Crippen LogP contribution >= 0.6 is 0 Å². The maximum atomic E-state index is 13.4. The van der Waals surface area contributed by atoms with Gasteiger partial charge in [-0.3, -0.25) is 4.79 Å². The third-order valence-electron chi connectivity index (χ3n) is 6.36. The quantitative estimate of drug-likeness (QED) is 0.404. The Labute approximate surface area is 202 Å². The molecule has 4 heteroatoms. The molecule has 0 radical (unpaired) electrons. The number of ether oxygens (including phenoxy) is 1. The van der Waals surface area contributed by atoms with Gasteiger partial charge in [0, 0.05) is 28.6 Å². The highest BCUT2D eigenvalue weighted by Crippen LogP contribution is 2.38. The summed E-state index contributed by atoms with van der Waals surface area (Å²) in [6.45, 7) is 8.85. The van der Waals surface area contributed by atoms with Crippen molar-refractivity contribution in [3.05, 3.63) is 83.9 Å². The van der Waals surface area contributed by atoms with Crippen molar-refractivity contribution < 1.29 is 9.53 Å². The third kappa shape index (κ3) is 5.55. The van der Waals surface area contributed by atoms with Gasteiger partial charge in [0.05, 0.1) is 5.56 Å². The Hall–Kier alpha value is -3.42. The van der Waals surface area contributed by atoms with Crippen LogP contribution in [0.4, 0.5) is 0 Å². The van der Waals surface area contributed by atoms with E-state index in [1.54, 1.807) is 12.1 Å². The molecular weight excluding hydrogens is 420 g/mol. The van der Waals surface area contributed by atoms with Gasteiger partial charge in [-0.1, -0.05) is 42.5 Å². The molecule has 3 aromatic carbocycles. The van der Waals surface area contributed by atoms with E-state index >= 15 is 0 Å². The molecule has 0 aromatic heterocycles. The first kappa shape index (κ1) is 23.7. The molecule has 0 spiro atoms. The van der Waals surface area contributed by atoms with Crippen LogP contribution in [-0.2, 0) is 0 Å². The number of rotatable bonds is 6. The molecule has 174 valence electrons. The molecule has 1 aliphatic rings. The zero-order valence-electron chi connectivity index (χ0n) is 20.4. The third-order valence-corrected chi connectivity index (χ3v) is 6.36. The molecule has 4 nitrogen and oxygen atoms in total. The number of benzene rings is 3. The summed E-state index contributed by atoms with van der Waals surface area (Å²) in [4.78, 5) is 13.4. The minimum atomic E-state index is 0.00766. The fourth-order valence-electron chi connectivity index (χ4n) is 5.46. The second-order valence-corrected chi connectivity index (χ2v) is 10.6. The average Bonchev–Trinajstić information content (AvgIpc) is 2.78. The van der Waals surface area contributed by atoms with E-state index in [2.05, 4.69) is 39.1 Å². The molecule has 0 amide bonds. The van der Waals surface area contributed by atoms with E-state index in [9.17, 15) is 10.1 Å². The smallest absolute Gasteiger partial charge is 0.163 e. The van der Waals surface area contributed by atoms with Crippen LogP contribution in [-0.4, -0.2) is 16.9 Å². The number of nitrogens with one attached hydrogen (secondary N) is 1. The second-order valence-electron chi connectivity index (χ2n) is 10.6. The molecule has 0 bridgehead atoms. The standard InChI is InChI=1S/C30H32N2O2/c1-29(2)18-21(19-30(3,4)32-29)16-26(33)23-14-15-28(25(17-23)22-10-6-5-7-11-22)34-27-13-9-8-12-24(27)20-31/h5-15,17,21,32H,16,18-19H2,1-4H3. The SMILES string of the molecule is CC1(C)CC(CC(=O)c2ccc(Oc3ccccc3C#N)c(-c3ccccc3)c2)CC(C)(C)N1. The number of ketones is 1. The molecule has 0 atom stereocenters. The Kier molecular flexibility index (Phi) is 6.59. The van der Waals surface area contributed by atoms with Crippen molar-refractivity contribution in [2.75, 3.05) is 0 Å². The zero-order chi connectivity index (χ0) is 24.3. The lowest BCUT2D eigenvalue weighted by Crippen LogP contribution is -2.57. The molecule has 1 heterocycles. The van der Waals surface area contributed by atoms with E-state index in [1.165, 1.54) is 0 Å². The largest absolute Gasteiger partial charge is 0.455 e. The minimum absolute atomic E-state index is 0.00766. The number of hydrogen-bond acceptors (Lipinski definition) is 4. The van der Waals surface area contributed by atoms with Gasteiger partial charge >= 0.3 is 0 Å². The van der Waals surface area contributed by atoms with Crippen molar-refractivity contribution in [3.63, 3.8) is 0 Å². The Balaban J connectivity index is 1.64. The topological polar surface area (TPSA) is 62.1 Å². The first-order chi connectivity index (χ1) is 16.2. The van der Waals surface area contributed by atoms with Crippen molar-refractivity contribution in [1.82, 2.24) is 5.32 Å². The highest BCUT2D eigenvalue weighted by atomic mass is 16.5. The lowest BCUT2D eigenvalue weighted by Gasteiger charge is -2.46. The van der Waals surface area contributed by atoms with Crippen molar-refractivity contribution in [2.45, 2.75) is 58.0 Å². The zero-order valence-corrected chi connectivity index (χ0v) is 20.4. The molecule has 1 aliphatic heterocycles. The molecular formula is C30H32N2O2. The summed E-state index contributed by atoms with van der Waals surface area (Å²) in [5.74, 6) is 1.60. The summed E-state index contributed by atoms with van der Waals surface area (Å²) in [5.41, 5.74) is 2.98. The van der Waals surface area contributed by atoms with Crippen LogP contribution in [0.15, 0.2) is 72.8 Å². The summed E-state index contributed by atoms with van der Waals surface area (Å²) < 4.78 is 6.18. The van der Waals surface area contributed by atoms with Crippen molar-refractivity contribution in [3.8, 4) is 28.7 Å². The molecule has 1 fully saturated rings. The minimum Gasteiger partial charge on any atom is -0.455 e. The average molecular weight is 453 g/mol. The number of nitrogens with zero attached hydrogens (tertiary/aromatic N) is 1. The van der Waals surface area contributed by atoms with Gasteiger partial charge in [-0.2, -0.15) is 5.26 Å². The Morgan fingerprint density at radius 1 is 0.941 bits per heavy atom. The van der Waals surface area contributed by atoms with Gasteiger partial charge in [0.1, 0.15) is 17.6 Å². The van der Waals surface area contributed by atoms with Crippen molar-refractivity contribution >= 4 is 5.78 Å². The molecule has 0 aliphatic carbocycles. The molecule has 0 unspecified atom stereocenters. The van der Waals surface area contributed by atoms with E-state index in [1.807, 2.05) is 60.7 Å². The predicted octanol–water partition coefficient (Wildman–Crippen LogP) is 7.15. The highest BCUT2D eigenvalue weighted by molar-refractivity contribution is 5.98. The maximum Gasteiger partial charge on any atom is 0.163 e. The number of carbonyl (C=O) groups excluding carboxylic acids is 1. The number of carbonyl (C=O) groups is 1. The fraction of sp³-hybridized carbons (Fsp3) is 0.333. The predicted molar refractivity (Wildman–Crippen MR) is 136 cm³/mol. The van der Waals surface area contributed by atoms with Crippen LogP contribution < -0.4 is 10.1 Å². The number of hydrogen-bond donors (Lipinski definition) is 1. The van der Waals surface area contributed by atoms with Gasteiger partial charge < -0.3 is 10.1 Å². The first-order valence-corrected chi connectivity index (χ1v) is 11.8. The van der Waals surface area contributed by atoms with Gasteiger partial charge in [-0.25, -0.2) is 0 Å². The van der Waals surface area contributed by atoms with E-state index in [0.29, 0.717) is 35.0 Å². The number of piperidine rings is 1. The van der Waals surface area contributed by atoms with Gasteiger partial charge in [-0.05, 0) is 82.3 Å². The van der Waals surface area contributed by atoms with Gasteiger partial charge in [-0.15, -0.1) is 0 Å². The number of nitriles is 1. The van der Waals surface area contributed by atoms with E-state index in [4.69, 9.17) is 4.74 Å². The van der Waals surface area contributed by atoms with E-state index in [-0.39, 0.29) is 16.9 Å². The normalized spacial score (nSPS) is 17.0. The maximum absolute atomic E-state index is 13.4. The first-order valence-electron chi connectivity index (χ1n) is 11.8. The lowest BCUT2D eigenvalue weighted by atomic mass is 9.74. The van der Waals surface area contributed by atoms with Crippen LogP contribution in [0.1, 0.15) is 62.9 Å². The van der Waals surface area contributed by atoms with Crippen LogP contribution in [0.5, 0.6) is 11.5 Å². The van der Waals surface area contributed by atoms with E-state index in [0.717, 1.165) is 24.0 Å². The summed E-state index contributed by atoms with van der Waals surface area (Å²) >= 11 is 0. The fourth-order valence-corrected chi connectivity index (χ4v) is 5.46. The Morgan fingerprint density at radius 2 is 1.59 bits per heavy atom. The lowest BCUT2D eigenvalue weighted by molar-refractivity contribution is 0.0864. The van der Waals surface area contributed by atoms with E-state index < -0.39 is 0 Å². The molecule has 1 saturated heterocycles.